The van der Waals surface area contributed by atoms with Crippen LogP contribution < -0.4 is 0 Å². The molecule has 0 unspecified atom stereocenters. The SMILES string of the molecule is O=Cc1c2cccccc-2cc1-c1cccnc1. The molecular formula is C16H11NO. The fraction of sp³-hybridized carbons (Fsp3) is 0. The van der Waals surface area contributed by atoms with Gasteiger partial charge in [0.25, 0.3) is 0 Å². The zero-order valence-corrected chi connectivity index (χ0v) is 9.71. The Morgan fingerprint density at radius 2 is 1.72 bits per heavy atom. The second-order valence-corrected chi connectivity index (χ2v) is 4.11. The summed E-state index contributed by atoms with van der Waals surface area (Å²) in [5.41, 5.74) is 4.70. The molecule has 0 radical (unpaired) electrons. The van der Waals surface area contributed by atoms with Crippen molar-refractivity contribution in [3.8, 4) is 22.3 Å². The molecule has 18 heavy (non-hydrogen) atoms. The van der Waals surface area contributed by atoms with Crippen LogP contribution in [0, 0.1) is 0 Å². The fourth-order valence-corrected chi connectivity index (χ4v) is 2.20. The maximum atomic E-state index is 11.4. The summed E-state index contributed by atoms with van der Waals surface area (Å²) < 4.78 is 0. The van der Waals surface area contributed by atoms with Gasteiger partial charge in [-0.1, -0.05) is 36.4 Å². The Balaban J connectivity index is 2.31. The first kappa shape index (κ1) is 10.7. The van der Waals surface area contributed by atoms with E-state index in [1.54, 1.807) is 12.4 Å². The minimum absolute atomic E-state index is 0.731. The Bertz CT molecular complexity index is 661. The molecule has 2 aliphatic rings. The number of rotatable bonds is 2. The number of fused-ring (bicyclic) bond motifs is 1. The van der Waals surface area contributed by atoms with E-state index in [0.29, 0.717) is 0 Å². The van der Waals surface area contributed by atoms with Gasteiger partial charge in [-0.15, -0.1) is 0 Å². The number of aromatic nitrogens is 1. The maximum Gasteiger partial charge on any atom is 0.151 e. The third-order valence-corrected chi connectivity index (χ3v) is 3.04. The van der Waals surface area contributed by atoms with E-state index in [1.165, 1.54) is 0 Å². The molecule has 0 aliphatic heterocycles. The number of nitrogens with zero attached hydrogens (tertiary/aromatic N) is 1. The lowest BCUT2D eigenvalue weighted by molar-refractivity contribution is 0.112. The van der Waals surface area contributed by atoms with Crippen LogP contribution in [0.15, 0.2) is 60.9 Å². The Hall–Kier alpha value is -2.48. The van der Waals surface area contributed by atoms with Crippen molar-refractivity contribution in [2.45, 2.75) is 0 Å². The second kappa shape index (κ2) is 4.41. The normalized spacial score (nSPS) is 10.4. The van der Waals surface area contributed by atoms with Gasteiger partial charge in [-0.25, -0.2) is 0 Å². The van der Waals surface area contributed by atoms with E-state index in [-0.39, 0.29) is 0 Å². The lowest BCUT2D eigenvalue weighted by atomic mass is 10.1. The van der Waals surface area contributed by atoms with E-state index < -0.39 is 0 Å². The second-order valence-electron chi connectivity index (χ2n) is 4.11. The van der Waals surface area contributed by atoms with Crippen LogP contribution in [-0.4, -0.2) is 11.3 Å². The molecule has 86 valence electrons. The van der Waals surface area contributed by atoms with Crippen molar-refractivity contribution in [3.63, 3.8) is 0 Å². The van der Waals surface area contributed by atoms with Crippen molar-refractivity contribution in [3.05, 3.63) is 66.5 Å². The summed E-state index contributed by atoms with van der Waals surface area (Å²) in [6.07, 6.45) is 4.43. The zero-order chi connectivity index (χ0) is 12.4. The average Bonchev–Trinajstić information content (AvgIpc) is 2.61. The van der Waals surface area contributed by atoms with Crippen molar-refractivity contribution in [2.24, 2.45) is 0 Å². The molecule has 0 fully saturated rings. The van der Waals surface area contributed by atoms with Crippen LogP contribution in [0.1, 0.15) is 10.4 Å². The van der Waals surface area contributed by atoms with Gasteiger partial charge in [-0.3, -0.25) is 9.78 Å². The summed E-state index contributed by atoms with van der Waals surface area (Å²) in [7, 11) is 0. The molecule has 0 N–H and O–H groups in total. The number of hydrogen-bond donors (Lipinski definition) is 0. The summed E-state index contributed by atoms with van der Waals surface area (Å²) in [5.74, 6) is 0. The molecule has 2 nitrogen and oxygen atoms in total. The number of carbonyl (C=O) groups excluding carboxylic acids is 1. The number of carbonyl (C=O) groups is 1. The highest BCUT2D eigenvalue weighted by atomic mass is 16.1. The Morgan fingerprint density at radius 1 is 0.889 bits per heavy atom. The topological polar surface area (TPSA) is 30.0 Å². The minimum atomic E-state index is 0.731. The highest BCUT2D eigenvalue weighted by Crippen LogP contribution is 2.35. The van der Waals surface area contributed by atoms with Gasteiger partial charge in [0.15, 0.2) is 6.29 Å². The first-order chi connectivity index (χ1) is 8.90. The van der Waals surface area contributed by atoms with Crippen LogP contribution in [0.5, 0.6) is 0 Å². The van der Waals surface area contributed by atoms with E-state index in [9.17, 15) is 4.79 Å². The number of pyridine rings is 1. The van der Waals surface area contributed by atoms with Crippen LogP contribution in [0.3, 0.4) is 0 Å². The van der Waals surface area contributed by atoms with Gasteiger partial charge in [0.05, 0.1) is 0 Å². The Morgan fingerprint density at radius 3 is 2.50 bits per heavy atom. The van der Waals surface area contributed by atoms with E-state index in [0.717, 1.165) is 34.1 Å². The van der Waals surface area contributed by atoms with Crippen LogP contribution in [0.4, 0.5) is 0 Å². The van der Waals surface area contributed by atoms with Crippen molar-refractivity contribution in [1.29, 1.82) is 0 Å². The largest absolute Gasteiger partial charge is 0.298 e. The predicted molar refractivity (Wildman–Crippen MR) is 71.7 cm³/mol. The van der Waals surface area contributed by atoms with Gasteiger partial charge in [0.1, 0.15) is 0 Å². The Kier molecular flexibility index (Phi) is 2.61. The van der Waals surface area contributed by atoms with Gasteiger partial charge in [-0.2, -0.15) is 0 Å². The highest BCUT2D eigenvalue weighted by molar-refractivity contribution is 6.00. The van der Waals surface area contributed by atoms with E-state index in [4.69, 9.17) is 0 Å². The summed E-state index contributed by atoms with van der Waals surface area (Å²) in [4.78, 5) is 15.5. The summed E-state index contributed by atoms with van der Waals surface area (Å²) in [6.45, 7) is 0. The monoisotopic (exact) mass is 233 g/mol. The molecule has 0 amide bonds. The highest BCUT2D eigenvalue weighted by Gasteiger charge is 2.15. The van der Waals surface area contributed by atoms with Crippen LogP contribution in [0.25, 0.3) is 22.3 Å². The van der Waals surface area contributed by atoms with Crippen molar-refractivity contribution in [1.82, 2.24) is 4.98 Å². The molecule has 3 rings (SSSR count). The summed E-state index contributed by atoms with van der Waals surface area (Å²) in [5, 5.41) is 0. The van der Waals surface area contributed by atoms with Gasteiger partial charge in [0.2, 0.25) is 0 Å². The third kappa shape index (κ3) is 1.68. The maximum absolute atomic E-state index is 11.4. The molecular weight excluding hydrogens is 222 g/mol. The lowest BCUT2D eigenvalue weighted by Crippen LogP contribution is -1.83. The molecule has 0 bridgehead atoms. The first-order valence-corrected chi connectivity index (χ1v) is 5.77. The number of hydrogen-bond acceptors (Lipinski definition) is 2. The molecule has 0 spiro atoms. The minimum Gasteiger partial charge on any atom is -0.298 e. The van der Waals surface area contributed by atoms with Gasteiger partial charge >= 0.3 is 0 Å². The van der Waals surface area contributed by atoms with E-state index in [1.807, 2.05) is 48.5 Å². The molecule has 2 heteroatoms. The van der Waals surface area contributed by atoms with Crippen molar-refractivity contribution < 1.29 is 4.79 Å². The number of aldehydes is 1. The fourth-order valence-electron chi connectivity index (χ4n) is 2.20. The lowest BCUT2D eigenvalue weighted by Gasteiger charge is -1.98. The molecule has 1 heterocycles. The Labute approximate surface area is 105 Å². The van der Waals surface area contributed by atoms with Gasteiger partial charge < -0.3 is 0 Å². The molecule has 0 aromatic carbocycles. The predicted octanol–water partition coefficient (Wildman–Crippen LogP) is 3.67. The summed E-state index contributed by atoms with van der Waals surface area (Å²) in [6, 6.07) is 15.7. The van der Waals surface area contributed by atoms with E-state index in [2.05, 4.69) is 4.98 Å². The average molecular weight is 233 g/mol. The standard InChI is InChI=1S/C16H11NO/c18-11-16-14-7-3-1-2-5-12(14)9-15(16)13-6-4-8-17-10-13/h1-11H. The smallest absolute Gasteiger partial charge is 0.151 e. The molecule has 2 aliphatic carbocycles. The van der Waals surface area contributed by atoms with Crippen LogP contribution in [0.2, 0.25) is 0 Å². The molecule has 1 aromatic heterocycles. The molecule has 0 atom stereocenters. The quantitative estimate of drug-likeness (QED) is 0.632. The third-order valence-electron chi connectivity index (χ3n) is 3.04. The zero-order valence-electron chi connectivity index (χ0n) is 9.71. The van der Waals surface area contributed by atoms with Gasteiger partial charge in [0, 0.05) is 23.5 Å². The van der Waals surface area contributed by atoms with Crippen LogP contribution in [-0.2, 0) is 0 Å². The van der Waals surface area contributed by atoms with Crippen LogP contribution >= 0.6 is 0 Å². The first-order valence-electron chi connectivity index (χ1n) is 5.77. The van der Waals surface area contributed by atoms with Crippen molar-refractivity contribution in [2.75, 3.05) is 0 Å². The van der Waals surface area contributed by atoms with Crippen molar-refractivity contribution >= 4 is 6.29 Å². The molecule has 0 saturated heterocycles. The van der Waals surface area contributed by atoms with E-state index >= 15 is 0 Å². The molecule has 1 aromatic rings. The van der Waals surface area contributed by atoms with Gasteiger partial charge in [-0.05, 0) is 28.8 Å². The summed E-state index contributed by atoms with van der Waals surface area (Å²) >= 11 is 0. The molecule has 0 saturated carbocycles.